The number of rotatable bonds is 0. The lowest BCUT2D eigenvalue weighted by atomic mass is 9.70. The first-order valence-corrected chi connectivity index (χ1v) is 6.85. The first kappa shape index (κ1) is 10.2. The van der Waals surface area contributed by atoms with Gasteiger partial charge in [-0.1, -0.05) is 51.1 Å². The number of ketones is 1. The molecule has 2 aliphatic carbocycles. The van der Waals surface area contributed by atoms with E-state index in [4.69, 9.17) is 0 Å². The molecule has 0 bridgehead atoms. The number of halogens is 2. The summed E-state index contributed by atoms with van der Waals surface area (Å²) in [6.45, 7) is 0. The summed E-state index contributed by atoms with van der Waals surface area (Å²) >= 11 is 7.03. The van der Waals surface area contributed by atoms with E-state index in [1.54, 1.807) is 0 Å². The van der Waals surface area contributed by atoms with Gasteiger partial charge < -0.3 is 0 Å². The van der Waals surface area contributed by atoms with Crippen molar-refractivity contribution in [1.82, 2.24) is 0 Å². The topological polar surface area (TPSA) is 17.1 Å². The molecule has 1 nitrogen and oxygen atoms in total. The van der Waals surface area contributed by atoms with E-state index in [0.29, 0.717) is 11.7 Å². The predicted molar refractivity (Wildman–Crippen MR) is 60.5 cm³/mol. The molecule has 0 aromatic heterocycles. The SMILES string of the molecule is O=C1[C@@H](Br)C[C@H]2CCCC[C@@H]2[C@H]1Br. The molecule has 0 heterocycles. The van der Waals surface area contributed by atoms with Crippen LogP contribution in [0.5, 0.6) is 0 Å². The average Bonchev–Trinajstić information content (AvgIpc) is 2.15. The van der Waals surface area contributed by atoms with Crippen molar-refractivity contribution in [1.29, 1.82) is 0 Å². The molecule has 2 saturated carbocycles. The van der Waals surface area contributed by atoms with Crippen molar-refractivity contribution >= 4 is 37.6 Å². The lowest BCUT2D eigenvalue weighted by Gasteiger charge is -2.40. The van der Waals surface area contributed by atoms with Crippen LogP contribution >= 0.6 is 31.9 Å². The van der Waals surface area contributed by atoms with Gasteiger partial charge >= 0.3 is 0 Å². The van der Waals surface area contributed by atoms with Crippen LogP contribution in [-0.2, 0) is 4.79 Å². The third-order valence-corrected chi connectivity index (χ3v) is 5.39. The Morgan fingerprint density at radius 1 is 1.15 bits per heavy atom. The highest BCUT2D eigenvalue weighted by Crippen LogP contribution is 2.43. The molecule has 2 rings (SSSR count). The zero-order chi connectivity index (χ0) is 9.42. The molecule has 0 unspecified atom stereocenters. The number of carbonyl (C=O) groups is 1. The largest absolute Gasteiger partial charge is 0.297 e. The Balaban J connectivity index is 2.12. The predicted octanol–water partition coefficient (Wildman–Crippen LogP) is 3.29. The number of hydrogen-bond acceptors (Lipinski definition) is 1. The summed E-state index contributed by atoms with van der Waals surface area (Å²) < 4.78 is 0. The number of fused-ring (bicyclic) bond motifs is 1. The lowest BCUT2D eigenvalue weighted by molar-refractivity contribution is -0.121. The average molecular weight is 310 g/mol. The summed E-state index contributed by atoms with van der Waals surface area (Å²) in [6.07, 6.45) is 6.29. The first-order valence-electron chi connectivity index (χ1n) is 5.02. The van der Waals surface area contributed by atoms with Gasteiger partial charge in [-0.2, -0.15) is 0 Å². The molecule has 3 heteroatoms. The van der Waals surface area contributed by atoms with Gasteiger partial charge in [0.2, 0.25) is 0 Å². The second kappa shape index (κ2) is 4.01. The highest BCUT2D eigenvalue weighted by atomic mass is 79.9. The first-order chi connectivity index (χ1) is 6.20. The van der Waals surface area contributed by atoms with Crippen LogP contribution in [0.15, 0.2) is 0 Å². The Bertz CT molecular complexity index is 217. The van der Waals surface area contributed by atoms with Crippen LogP contribution in [0.3, 0.4) is 0 Å². The molecule has 2 aliphatic rings. The number of carbonyl (C=O) groups excluding carboxylic acids is 1. The molecule has 0 spiro atoms. The Kier molecular flexibility index (Phi) is 3.14. The lowest BCUT2D eigenvalue weighted by Crippen LogP contribution is -2.43. The standard InChI is InChI=1S/C10H14Br2O/c11-8-5-6-3-1-2-4-7(6)9(12)10(8)13/h6-9H,1-5H2/t6-,7+,8+,9-/m1/s1. The molecule has 0 aromatic rings. The van der Waals surface area contributed by atoms with Gasteiger partial charge in [0, 0.05) is 0 Å². The molecule has 0 amide bonds. The van der Waals surface area contributed by atoms with E-state index in [1.807, 2.05) is 0 Å². The molecule has 0 N–H and O–H groups in total. The summed E-state index contributed by atoms with van der Waals surface area (Å²) in [4.78, 5) is 11.9. The van der Waals surface area contributed by atoms with Crippen molar-refractivity contribution < 1.29 is 4.79 Å². The fourth-order valence-electron chi connectivity index (χ4n) is 2.68. The molecule has 0 saturated heterocycles. The third-order valence-electron chi connectivity index (χ3n) is 3.43. The van der Waals surface area contributed by atoms with Gasteiger partial charge in [-0.15, -0.1) is 0 Å². The van der Waals surface area contributed by atoms with Gasteiger partial charge in [-0.05, 0) is 24.7 Å². The molecule has 0 aromatic carbocycles. The Labute approximate surface area is 95.9 Å². The second-order valence-electron chi connectivity index (χ2n) is 4.22. The maximum absolute atomic E-state index is 11.7. The van der Waals surface area contributed by atoms with Gasteiger partial charge in [-0.25, -0.2) is 0 Å². The van der Waals surface area contributed by atoms with Crippen LogP contribution in [0, 0.1) is 11.8 Å². The Hall–Kier alpha value is 0.630. The number of Topliss-reactive ketones (excluding diaryl/α,β-unsaturated/α-hetero) is 1. The van der Waals surface area contributed by atoms with Crippen LogP contribution in [-0.4, -0.2) is 15.4 Å². The van der Waals surface area contributed by atoms with Crippen molar-refractivity contribution in [2.45, 2.75) is 41.8 Å². The molecule has 13 heavy (non-hydrogen) atoms. The maximum Gasteiger partial charge on any atom is 0.160 e. The van der Waals surface area contributed by atoms with Gasteiger partial charge in [0.25, 0.3) is 0 Å². The maximum atomic E-state index is 11.7. The van der Waals surface area contributed by atoms with E-state index in [0.717, 1.165) is 12.3 Å². The molecule has 4 atom stereocenters. The minimum absolute atomic E-state index is 0.108. The van der Waals surface area contributed by atoms with Crippen molar-refractivity contribution in [2.24, 2.45) is 11.8 Å². The summed E-state index contributed by atoms with van der Waals surface area (Å²) in [5, 5.41) is 0. The monoisotopic (exact) mass is 308 g/mol. The van der Waals surface area contributed by atoms with Crippen molar-refractivity contribution in [3.8, 4) is 0 Å². The summed E-state index contributed by atoms with van der Waals surface area (Å²) in [7, 11) is 0. The molecular formula is C10H14Br2O. The van der Waals surface area contributed by atoms with Gasteiger partial charge in [0.1, 0.15) is 0 Å². The van der Waals surface area contributed by atoms with Crippen LogP contribution < -0.4 is 0 Å². The fraction of sp³-hybridized carbons (Fsp3) is 0.900. The fourth-order valence-corrected chi connectivity index (χ4v) is 4.81. The quantitative estimate of drug-likeness (QED) is 0.628. The van der Waals surface area contributed by atoms with E-state index < -0.39 is 0 Å². The summed E-state index contributed by atoms with van der Waals surface area (Å²) in [5.74, 6) is 1.76. The van der Waals surface area contributed by atoms with Gasteiger partial charge in [0.15, 0.2) is 5.78 Å². The van der Waals surface area contributed by atoms with Crippen molar-refractivity contribution in [3.63, 3.8) is 0 Å². The minimum atomic E-state index is 0.108. The van der Waals surface area contributed by atoms with E-state index in [9.17, 15) is 4.79 Å². The van der Waals surface area contributed by atoms with E-state index in [1.165, 1.54) is 25.7 Å². The van der Waals surface area contributed by atoms with Gasteiger partial charge in [0.05, 0.1) is 9.65 Å². The second-order valence-corrected chi connectivity index (χ2v) is 6.31. The Morgan fingerprint density at radius 3 is 2.62 bits per heavy atom. The molecule has 0 radical (unpaired) electrons. The third kappa shape index (κ3) is 1.87. The zero-order valence-electron chi connectivity index (χ0n) is 7.51. The van der Waals surface area contributed by atoms with Crippen molar-refractivity contribution in [2.75, 3.05) is 0 Å². The highest BCUT2D eigenvalue weighted by molar-refractivity contribution is 9.10. The highest BCUT2D eigenvalue weighted by Gasteiger charge is 2.42. The van der Waals surface area contributed by atoms with E-state index in [-0.39, 0.29) is 9.65 Å². The van der Waals surface area contributed by atoms with Crippen LogP contribution in [0.2, 0.25) is 0 Å². The van der Waals surface area contributed by atoms with E-state index in [2.05, 4.69) is 31.9 Å². The molecule has 2 fully saturated rings. The smallest absolute Gasteiger partial charge is 0.160 e. The van der Waals surface area contributed by atoms with E-state index >= 15 is 0 Å². The number of alkyl halides is 2. The zero-order valence-corrected chi connectivity index (χ0v) is 10.7. The van der Waals surface area contributed by atoms with Crippen LogP contribution in [0.4, 0.5) is 0 Å². The summed E-state index contributed by atoms with van der Waals surface area (Å²) in [5.41, 5.74) is 0. The number of hydrogen-bond donors (Lipinski definition) is 0. The van der Waals surface area contributed by atoms with Gasteiger partial charge in [-0.3, -0.25) is 4.79 Å². The van der Waals surface area contributed by atoms with Crippen molar-refractivity contribution in [3.05, 3.63) is 0 Å². The van der Waals surface area contributed by atoms with Crippen LogP contribution in [0.25, 0.3) is 0 Å². The van der Waals surface area contributed by atoms with Crippen LogP contribution in [0.1, 0.15) is 32.1 Å². The minimum Gasteiger partial charge on any atom is -0.297 e. The summed E-state index contributed by atoms with van der Waals surface area (Å²) in [6, 6.07) is 0. The normalized spacial score (nSPS) is 45.8. The molecule has 74 valence electrons. The molecular weight excluding hydrogens is 296 g/mol. The Morgan fingerprint density at radius 2 is 1.85 bits per heavy atom. The molecule has 0 aliphatic heterocycles.